The summed E-state index contributed by atoms with van der Waals surface area (Å²) in [6.45, 7) is 7.05. The standard InChI is InChI=1S/C13H20N4S/c1-3-8-17-13(5-7-15-17)9-14-6-4-12-10-18-11(2)16-12/h5,7,10,14H,3-4,6,8-9H2,1-2H3. The fraction of sp³-hybridized carbons (Fsp3) is 0.538. The quantitative estimate of drug-likeness (QED) is 0.781. The van der Waals surface area contributed by atoms with Gasteiger partial charge in [-0.1, -0.05) is 6.92 Å². The smallest absolute Gasteiger partial charge is 0.0897 e. The van der Waals surface area contributed by atoms with E-state index in [9.17, 15) is 0 Å². The van der Waals surface area contributed by atoms with Gasteiger partial charge in [0.25, 0.3) is 0 Å². The molecule has 18 heavy (non-hydrogen) atoms. The minimum Gasteiger partial charge on any atom is -0.311 e. The number of hydrogen-bond acceptors (Lipinski definition) is 4. The number of nitrogens with one attached hydrogen (secondary N) is 1. The van der Waals surface area contributed by atoms with Gasteiger partial charge >= 0.3 is 0 Å². The van der Waals surface area contributed by atoms with Gasteiger partial charge in [-0.3, -0.25) is 4.68 Å². The van der Waals surface area contributed by atoms with Crippen LogP contribution in [0.2, 0.25) is 0 Å². The predicted octanol–water partition coefficient (Wildman–Crippen LogP) is 2.39. The molecule has 0 fully saturated rings. The van der Waals surface area contributed by atoms with Crippen molar-refractivity contribution in [2.75, 3.05) is 6.54 Å². The monoisotopic (exact) mass is 264 g/mol. The van der Waals surface area contributed by atoms with Crippen molar-refractivity contribution in [3.8, 4) is 0 Å². The lowest BCUT2D eigenvalue weighted by molar-refractivity contribution is 0.550. The molecule has 2 rings (SSSR count). The molecule has 0 aliphatic carbocycles. The van der Waals surface area contributed by atoms with Crippen LogP contribution in [0.1, 0.15) is 29.7 Å². The third-order valence-electron chi connectivity index (χ3n) is 2.77. The molecule has 4 nitrogen and oxygen atoms in total. The number of nitrogens with zero attached hydrogens (tertiary/aromatic N) is 3. The van der Waals surface area contributed by atoms with Crippen molar-refractivity contribution in [3.63, 3.8) is 0 Å². The zero-order chi connectivity index (χ0) is 12.8. The Morgan fingerprint density at radius 3 is 3.06 bits per heavy atom. The molecule has 0 aromatic carbocycles. The molecule has 5 heteroatoms. The lowest BCUT2D eigenvalue weighted by Crippen LogP contribution is -2.19. The summed E-state index contributed by atoms with van der Waals surface area (Å²) >= 11 is 1.72. The van der Waals surface area contributed by atoms with Gasteiger partial charge in [0.05, 0.1) is 16.4 Å². The summed E-state index contributed by atoms with van der Waals surface area (Å²) in [5.41, 5.74) is 2.44. The Bertz CT molecular complexity index is 475. The molecular weight excluding hydrogens is 244 g/mol. The van der Waals surface area contributed by atoms with E-state index in [2.05, 4.69) is 38.5 Å². The molecule has 98 valence electrons. The Morgan fingerprint density at radius 1 is 1.44 bits per heavy atom. The molecular formula is C13H20N4S. The van der Waals surface area contributed by atoms with Gasteiger partial charge in [0.1, 0.15) is 0 Å². The first-order valence-corrected chi connectivity index (χ1v) is 7.30. The zero-order valence-corrected chi connectivity index (χ0v) is 11.8. The SMILES string of the molecule is CCCn1nccc1CNCCc1csc(C)n1. The van der Waals surface area contributed by atoms with Crippen molar-refractivity contribution in [3.05, 3.63) is 34.0 Å². The van der Waals surface area contributed by atoms with Crippen molar-refractivity contribution < 1.29 is 0 Å². The summed E-state index contributed by atoms with van der Waals surface area (Å²) in [7, 11) is 0. The van der Waals surface area contributed by atoms with Gasteiger partial charge in [-0.2, -0.15) is 5.10 Å². The van der Waals surface area contributed by atoms with Crippen LogP contribution < -0.4 is 5.32 Å². The van der Waals surface area contributed by atoms with Gasteiger partial charge in [-0.25, -0.2) is 4.98 Å². The summed E-state index contributed by atoms with van der Waals surface area (Å²) in [4.78, 5) is 4.45. The van der Waals surface area contributed by atoms with E-state index in [1.165, 1.54) is 11.4 Å². The van der Waals surface area contributed by atoms with Crippen LogP contribution >= 0.6 is 11.3 Å². The molecule has 2 heterocycles. The van der Waals surface area contributed by atoms with E-state index < -0.39 is 0 Å². The van der Waals surface area contributed by atoms with E-state index in [4.69, 9.17) is 0 Å². The van der Waals surface area contributed by atoms with E-state index in [-0.39, 0.29) is 0 Å². The minimum atomic E-state index is 0.878. The molecule has 0 unspecified atom stereocenters. The van der Waals surface area contributed by atoms with Crippen molar-refractivity contribution in [1.82, 2.24) is 20.1 Å². The van der Waals surface area contributed by atoms with Gasteiger partial charge in [0.2, 0.25) is 0 Å². The highest BCUT2D eigenvalue weighted by Gasteiger charge is 2.01. The highest BCUT2D eigenvalue weighted by Crippen LogP contribution is 2.08. The van der Waals surface area contributed by atoms with Crippen LogP contribution in [0.25, 0.3) is 0 Å². The Kier molecular flexibility index (Phi) is 4.90. The highest BCUT2D eigenvalue weighted by atomic mass is 32.1. The Morgan fingerprint density at radius 2 is 2.33 bits per heavy atom. The molecule has 2 aromatic heterocycles. The van der Waals surface area contributed by atoms with E-state index in [1.807, 2.05) is 13.1 Å². The molecule has 2 aromatic rings. The Balaban J connectivity index is 1.73. The first-order valence-electron chi connectivity index (χ1n) is 6.42. The summed E-state index contributed by atoms with van der Waals surface area (Å²) in [6, 6.07) is 2.08. The Hall–Kier alpha value is -1.20. The molecule has 0 bridgehead atoms. The van der Waals surface area contributed by atoms with Crippen LogP contribution in [0.3, 0.4) is 0 Å². The topological polar surface area (TPSA) is 42.7 Å². The maximum absolute atomic E-state index is 4.45. The maximum Gasteiger partial charge on any atom is 0.0897 e. The summed E-state index contributed by atoms with van der Waals surface area (Å²) in [6.07, 6.45) is 3.98. The lowest BCUT2D eigenvalue weighted by Gasteiger charge is -2.07. The van der Waals surface area contributed by atoms with E-state index in [0.29, 0.717) is 0 Å². The predicted molar refractivity (Wildman–Crippen MR) is 74.8 cm³/mol. The van der Waals surface area contributed by atoms with Gasteiger partial charge in [0, 0.05) is 37.6 Å². The third-order valence-corrected chi connectivity index (χ3v) is 3.59. The third kappa shape index (κ3) is 3.65. The maximum atomic E-state index is 4.45. The summed E-state index contributed by atoms with van der Waals surface area (Å²) < 4.78 is 2.07. The summed E-state index contributed by atoms with van der Waals surface area (Å²) in [5.74, 6) is 0. The molecule has 0 saturated heterocycles. The molecule has 0 atom stereocenters. The van der Waals surface area contributed by atoms with E-state index >= 15 is 0 Å². The van der Waals surface area contributed by atoms with Crippen molar-refractivity contribution in [1.29, 1.82) is 0 Å². The fourth-order valence-corrected chi connectivity index (χ4v) is 2.53. The normalized spacial score (nSPS) is 11.0. The van der Waals surface area contributed by atoms with Gasteiger partial charge < -0.3 is 5.32 Å². The summed E-state index contributed by atoms with van der Waals surface area (Å²) in [5, 5.41) is 11.0. The number of thiazole rings is 1. The highest BCUT2D eigenvalue weighted by molar-refractivity contribution is 7.09. The number of aromatic nitrogens is 3. The largest absolute Gasteiger partial charge is 0.311 e. The average molecular weight is 264 g/mol. The minimum absolute atomic E-state index is 0.878. The number of aryl methyl sites for hydroxylation is 2. The van der Waals surface area contributed by atoms with Crippen LogP contribution in [0, 0.1) is 6.92 Å². The molecule has 0 amide bonds. The molecule has 0 saturated carbocycles. The van der Waals surface area contributed by atoms with Gasteiger partial charge in [0.15, 0.2) is 0 Å². The van der Waals surface area contributed by atoms with Crippen LogP contribution in [0.15, 0.2) is 17.6 Å². The molecule has 0 aliphatic heterocycles. The number of hydrogen-bond donors (Lipinski definition) is 1. The fourth-order valence-electron chi connectivity index (χ4n) is 1.88. The Labute approximate surface area is 112 Å². The second-order valence-corrected chi connectivity index (χ2v) is 5.39. The van der Waals surface area contributed by atoms with Crippen LogP contribution in [-0.2, 0) is 19.5 Å². The van der Waals surface area contributed by atoms with Crippen LogP contribution in [0.4, 0.5) is 0 Å². The van der Waals surface area contributed by atoms with E-state index in [0.717, 1.165) is 37.5 Å². The zero-order valence-electron chi connectivity index (χ0n) is 11.0. The first kappa shape index (κ1) is 13.2. The second-order valence-electron chi connectivity index (χ2n) is 4.33. The van der Waals surface area contributed by atoms with Crippen LogP contribution in [-0.4, -0.2) is 21.3 Å². The van der Waals surface area contributed by atoms with Crippen molar-refractivity contribution in [2.45, 2.75) is 39.8 Å². The molecule has 0 spiro atoms. The number of rotatable bonds is 7. The van der Waals surface area contributed by atoms with Crippen molar-refractivity contribution >= 4 is 11.3 Å². The lowest BCUT2D eigenvalue weighted by atomic mass is 10.3. The molecule has 0 aliphatic rings. The van der Waals surface area contributed by atoms with Crippen LogP contribution in [0.5, 0.6) is 0 Å². The first-order chi connectivity index (χ1) is 8.79. The average Bonchev–Trinajstić information content (AvgIpc) is 2.95. The van der Waals surface area contributed by atoms with Gasteiger partial charge in [-0.15, -0.1) is 11.3 Å². The molecule has 1 N–H and O–H groups in total. The van der Waals surface area contributed by atoms with E-state index in [1.54, 1.807) is 11.3 Å². The molecule has 0 radical (unpaired) electrons. The van der Waals surface area contributed by atoms with Crippen molar-refractivity contribution in [2.24, 2.45) is 0 Å². The second kappa shape index (κ2) is 6.66. The van der Waals surface area contributed by atoms with Gasteiger partial charge in [-0.05, 0) is 19.4 Å².